The van der Waals surface area contributed by atoms with Crippen molar-refractivity contribution in [2.24, 2.45) is 10.8 Å². The van der Waals surface area contributed by atoms with E-state index in [1.165, 1.54) is 18.4 Å². The van der Waals surface area contributed by atoms with Gasteiger partial charge in [0.2, 0.25) is 5.91 Å². The van der Waals surface area contributed by atoms with Crippen LogP contribution in [-0.2, 0) is 11.3 Å². The van der Waals surface area contributed by atoms with Crippen molar-refractivity contribution in [2.75, 3.05) is 39.8 Å². The van der Waals surface area contributed by atoms with Crippen LogP contribution in [0.1, 0.15) is 50.5 Å². The van der Waals surface area contributed by atoms with E-state index in [1.807, 2.05) is 29.1 Å². The molecule has 4 aliphatic rings. The molecule has 5 rings (SSSR count). The Bertz CT molecular complexity index is 817. The summed E-state index contributed by atoms with van der Waals surface area (Å²) in [6, 6.07) is 4.54. The van der Waals surface area contributed by atoms with Crippen molar-refractivity contribution in [3.8, 4) is 0 Å². The predicted molar refractivity (Wildman–Crippen MR) is 118 cm³/mol. The van der Waals surface area contributed by atoms with Gasteiger partial charge in [0.05, 0.1) is 5.41 Å². The van der Waals surface area contributed by atoms with Crippen LogP contribution in [0.4, 0.5) is 4.79 Å². The highest BCUT2D eigenvalue weighted by Gasteiger charge is 2.64. The van der Waals surface area contributed by atoms with Gasteiger partial charge in [0.15, 0.2) is 0 Å². The number of hydrogen-bond acceptors (Lipinski definition) is 4. The van der Waals surface area contributed by atoms with Crippen LogP contribution in [0.5, 0.6) is 0 Å². The monoisotopic (exact) mass is 425 g/mol. The Morgan fingerprint density at radius 2 is 1.94 bits per heavy atom. The van der Waals surface area contributed by atoms with Crippen molar-refractivity contribution in [1.82, 2.24) is 25.0 Å². The second-order valence-electron chi connectivity index (χ2n) is 10.3. The van der Waals surface area contributed by atoms with E-state index in [1.54, 1.807) is 6.20 Å². The topological polar surface area (TPSA) is 68.8 Å². The van der Waals surface area contributed by atoms with Gasteiger partial charge < -0.3 is 15.1 Å². The van der Waals surface area contributed by atoms with Crippen molar-refractivity contribution in [3.63, 3.8) is 0 Å². The Morgan fingerprint density at radius 1 is 1.16 bits per heavy atom. The summed E-state index contributed by atoms with van der Waals surface area (Å²) in [6.45, 7) is 4.92. The Labute approximate surface area is 185 Å². The summed E-state index contributed by atoms with van der Waals surface area (Å²) in [5.41, 5.74) is 0.848. The molecule has 7 nitrogen and oxygen atoms in total. The molecule has 1 atom stereocenters. The number of carbonyl (C=O) groups excluding carboxylic acids is 2. The van der Waals surface area contributed by atoms with Crippen molar-refractivity contribution in [3.05, 3.63) is 30.1 Å². The number of aromatic nitrogens is 1. The highest BCUT2D eigenvalue weighted by molar-refractivity contribution is 5.86. The Hall–Kier alpha value is -2.15. The standard InChI is InChI=1S/C24H35N5O2/c1-27-12-10-24(21(27)30)18-28(16-19-5-4-11-25-15-19)17-23(24)8-13-29(14-9-23)22(31)26-20-6-2-3-7-20/h4-5,11,15,20H,2-3,6-10,12-14,16-18H2,1H3,(H,26,31)/t24-/m1/s1. The maximum Gasteiger partial charge on any atom is 0.317 e. The lowest BCUT2D eigenvalue weighted by atomic mass is 9.60. The molecule has 168 valence electrons. The highest BCUT2D eigenvalue weighted by atomic mass is 16.2. The first-order valence-corrected chi connectivity index (χ1v) is 11.9. The van der Waals surface area contributed by atoms with Crippen LogP contribution < -0.4 is 5.32 Å². The van der Waals surface area contributed by atoms with Crippen LogP contribution >= 0.6 is 0 Å². The fourth-order valence-corrected chi connectivity index (χ4v) is 6.73. The number of nitrogens with one attached hydrogen (secondary N) is 1. The van der Waals surface area contributed by atoms with Gasteiger partial charge in [0.1, 0.15) is 0 Å². The first-order chi connectivity index (χ1) is 15.0. The molecule has 1 aliphatic carbocycles. The molecule has 1 aromatic rings. The first kappa shape index (κ1) is 20.7. The number of nitrogens with zero attached hydrogens (tertiary/aromatic N) is 4. The van der Waals surface area contributed by atoms with E-state index in [2.05, 4.69) is 21.3 Å². The molecule has 31 heavy (non-hydrogen) atoms. The fourth-order valence-electron chi connectivity index (χ4n) is 6.73. The minimum atomic E-state index is -0.308. The van der Waals surface area contributed by atoms with Gasteiger partial charge in [-0.2, -0.15) is 0 Å². The molecule has 7 heteroatoms. The van der Waals surface area contributed by atoms with Crippen LogP contribution in [0.3, 0.4) is 0 Å². The lowest BCUT2D eigenvalue weighted by Crippen LogP contribution is -2.55. The molecule has 3 saturated heterocycles. The number of fused-ring (bicyclic) bond motifs is 1. The zero-order chi connectivity index (χ0) is 21.5. The van der Waals surface area contributed by atoms with Gasteiger partial charge in [-0.3, -0.25) is 14.7 Å². The summed E-state index contributed by atoms with van der Waals surface area (Å²) in [5.74, 6) is 0.310. The van der Waals surface area contributed by atoms with E-state index in [0.29, 0.717) is 11.9 Å². The SMILES string of the molecule is CN1CC[C@@]2(CN(Cc3cccnc3)CC23CCN(C(=O)NC2CCCC2)CC3)C1=O. The number of urea groups is 1. The van der Waals surface area contributed by atoms with Gasteiger partial charge in [-0.25, -0.2) is 4.79 Å². The van der Waals surface area contributed by atoms with Gasteiger partial charge in [-0.15, -0.1) is 0 Å². The van der Waals surface area contributed by atoms with E-state index in [0.717, 1.165) is 71.4 Å². The minimum absolute atomic E-state index is 0.0405. The number of amides is 3. The van der Waals surface area contributed by atoms with Crippen LogP contribution in [0.2, 0.25) is 0 Å². The Kier molecular flexibility index (Phi) is 5.40. The molecular weight excluding hydrogens is 390 g/mol. The summed E-state index contributed by atoms with van der Waals surface area (Å²) >= 11 is 0. The zero-order valence-electron chi connectivity index (χ0n) is 18.7. The third kappa shape index (κ3) is 3.60. The molecule has 2 spiro atoms. The average Bonchev–Trinajstić information content (AvgIpc) is 3.46. The van der Waals surface area contributed by atoms with Gasteiger partial charge in [0.25, 0.3) is 0 Å². The van der Waals surface area contributed by atoms with Crippen LogP contribution in [0.25, 0.3) is 0 Å². The maximum absolute atomic E-state index is 13.4. The Balaban J connectivity index is 1.31. The molecule has 3 amide bonds. The number of likely N-dealkylation sites (tertiary alicyclic amines) is 3. The van der Waals surface area contributed by atoms with Crippen LogP contribution in [-0.4, -0.2) is 77.4 Å². The van der Waals surface area contributed by atoms with E-state index >= 15 is 0 Å². The highest BCUT2D eigenvalue weighted by Crippen LogP contribution is 2.57. The average molecular weight is 426 g/mol. The van der Waals surface area contributed by atoms with Crippen molar-refractivity contribution in [2.45, 2.75) is 57.5 Å². The number of carbonyl (C=O) groups is 2. The molecule has 0 aromatic carbocycles. The molecule has 4 heterocycles. The van der Waals surface area contributed by atoms with Gasteiger partial charge >= 0.3 is 6.03 Å². The van der Waals surface area contributed by atoms with Gasteiger partial charge in [0, 0.05) is 70.2 Å². The summed E-state index contributed by atoms with van der Waals surface area (Å²) in [7, 11) is 1.94. The Morgan fingerprint density at radius 3 is 2.58 bits per heavy atom. The molecular formula is C24H35N5O2. The second kappa shape index (κ2) is 8.08. The number of piperidine rings is 1. The van der Waals surface area contributed by atoms with E-state index in [4.69, 9.17) is 0 Å². The van der Waals surface area contributed by atoms with Crippen LogP contribution in [0.15, 0.2) is 24.5 Å². The number of hydrogen-bond donors (Lipinski definition) is 1. The smallest absolute Gasteiger partial charge is 0.317 e. The van der Waals surface area contributed by atoms with Crippen molar-refractivity contribution in [1.29, 1.82) is 0 Å². The quantitative estimate of drug-likeness (QED) is 0.808. The summed E-state index contributed by atoms with van der Waals surface area (Å²) in [5, 5.41) is 3.24. The van der Waals surface area contributed by atoms with Gasteiger partial charge in [-0.1, -0.05) is 18.9 Å². The minimum Gasteiger partial charge on any atom is -0.345 e. The van der Waals surface area contributed by atoms with E-state index < -0.39 is 0 Å². The molecule has 0 bridgehead atoms. The first-order valence-electron chi connectivity index (χ1n) is 11.9. The largest absolute Gasteiger partial charge is 0.345 e. The number of pyridine rings is 1. The fraction of sp³-hybridized carbons (Fsp3) is 0.708. The zero-order valence-corrected chi connectivity index (χ0v) is 18.7. The molecule has 1 aromatic heterocycles. The van der Waals surface area contributed by atoms with Gasteiger partial charge in [-0.05, 0) is 43.7 Å². The molecule has 0 unspecified atom stereocenters. The third-order valence-corrected chi connectivity index (χ3v) is 8.48. The van der Waals surface area contributed by atoms with E-state index in [-0.39, 0.29) is 16.9 Å². The molecule has 1 N–H and O–H groups in total. The molecule has 3 aliphatic heterocycles. The van der Waals surface area contributed by atoms with Crippen LogP contribution in [0, 0.1) is 10.8 Å². The summed E-state index contributed by atoms with van der Waals surface area (Å²) in [6.07, 6.45) is 11.1. The summed E-state index contributed by atoms with van der Waals surface area (Å²) in [4.78, 5) is 36.9. The third-order valence-electron chi connectivity index (χ3n) is 8.48. The molecule has 0 radical (unpaired) electrons. The second-order valence-corrected chi connectivity index (χ2v) is 10.3. The maximum atomic E-state index is 13.4. The molecule has 1 saturated carbocycles. The molecule has 4 fully saturated rings. The predicted octanol–water partition coefficient (Wildman–Crippen LogP) is 2.48. The lowest BCUT2D eigenvalue weighted by Gasteiger charge is -2.47. The van der Waals surface area contributed by atoms with Crippen molar-refractivity contribution < 1.29 is 9.59 Å². The normalized spacial score (nSPS) is 28.9. The van der Waals surface area contributed by atoms with E-state index in [9.17, 15) is 9.59 Å². The lowest BCUT2D eigenvalue weighted by molar-refractivity contribution is -0.141. The van der Waals surface area contributed by atoms with Crippen molar-refractivity contribution >= 4 is 11.9 Å². The summed E-state index contributed by atoms with van der Waals surface area (Å²) < 4.78 is 0. The number of rotatable bonds is 3.